The van der Waals surface area contributed by atoms with E-state index in [2.05, 4.69) is 34.6 Å². The third-order valence-electron chi connectivity index (χ3n) is 2.57. The van der Waals surface area contributed by atoms with Gasteiger partial charge >= 0.3 is 0 Å². The van der Waals surface area contributed by atoms with Crippen molar-refractivity contribution in [1.82, 2.24) is 0 Å². The van der Waals surface area contributed by atoms with Crippen LogP contribution in [-0.2, 0) is 32.7 Å². The summed E-state index contributed by atoms with van der Waals surface area (Å²) >= 11 is 0. The van der Waals surface area contributed by atoms with Crippen molar-refractivity contribution in [2.45, 2.75) is 74.1 Å². The van der Waals surface area contributed by atoms with Crippen molar-refractivity contribution in [2.24, 2.45) is 10.8 Å². The minimum Gasteiger partial charge on any atom is -0.396 e. The van der Waals surface area contributed by atoms with Gasteiger partial charge in [-0.1, -0.05) is 54.9 Å². The third-order valence-corrected chi connectivity index (χ3v) is 2.57. The van der Waals surface area contributed by atoms with Crippen LogP contribution in [0, 0.1) is 10.8 Å². The third kappa shape index (κ3) is 17.5. The first-order chi connectivity index (χ1) is 6.77. The van der Waals surface area contributed by atoms with Crippen molar-refractivity contribution in [1.29, 1.82) is 0 Å². The maximum atomic E-state index is 8.86. The molecule has 0 aromatic rings. The van der Waals surface area contributed by atoms with Gasteiger partial charge in [-0.3, -0.25) is 0 Å². The number of aliphatic hydroxyl groups excluding tert-OH is 1. The molecule has 0 rings (SSSR count). The Bertz CT molecular complexity index is 136. The van der Waals surface area contributed by atoms with Crippen LogP contribution in [0.4, 0.5) is 0 Å². The van der Waals surface area contributed by atoms with Gasteiger partial charge in [-0.05, 0) is 30.1 Å². The molecule has 0 saturated heterocycles. The molecular formula is C14H32OY. The molecule has 0 aliphatic carbocycles. The number of aliphatic hydroxyl groups is 1. The first kappa shape index (κ1) is 22.3. The van der Waals surface area contributed by atoms with E-state index in [4.69, 9.17) is 5.11 Å². The van der Waals surface area contributed by atoms with E-state index in [0.717, 1.165) is 6.42 Å². The summed E-state index contributed by atoms with van der Waals surface area (Å²) in [5.74, 6) is 0. The second kappa shape index (κ2) is 11.2. The molecule has 1 nitrogen and oxygen atoms in total. The van der Waals surface area contributed by atoms with Crippen LogP contribution in [-0.4, -0.2) is 11.7 Å². The van der Waals surface area contributed by atoms with Gasteiger partial charge in [-0.25, -0.2) is 0 Å². The monoisotopic (exact) mass is 305 g/mol. The van der Waals surface area contributed by atoms with E-state index in [1.807, 2.05) is 13.8 Å². The normalized spacial score (nSPS) is 11.2. The quantitative estimate of drug-likeness (QED) is 0.785. The molecule has 16 heavy (non-hydrogen) atoms. The van der Waals surface area contributed by atoms with Gasteiger partial charge in [0.15, 0.2) is 0 Å². The molecule has 2 heteroatoms. The van der Waals surface area contributed by atoms with Crippen LogP contribution >= 0.6 is 0 Å². The van der Waals surface area contributed by atoms with E-state index in [9.17, 15) is 0 Å². The molecular weight excluding hydrogens is 273 g/mol. The Balaban J connectivity index is -0.000000529. The summed E-state index contributed by atoms with van der Waals surface area (Å²) < 4.78 is 0. The van der Waals surface area contributed by atoms with Gasteiger partial charge in [0, 0.05) is 39.3 Å². The van der Waals surface area contributed by atoms with Crippen molar-refractivity contribution < 1.29 is 37.8 Å². The summed E-state index contributed by atoms with van der Waals surface area (Å²) in [6.07, 6.45) is 4.71. The van der Waals surface area contributed by atoms with E-state index in [0.29, 0.717) is 17.4 Å². The molecule has 97 valence electrons. The zero-order valence-corrected chi connectivity index (χ0v) is 15.4. The van der Waals surface area contributed by atoms with E-state index in [-0.39, 0.29) is 32.7 Å². The van der Waals surface area contributed by atoms with Gasteiger partial charge in [0.1, 0.15) is 0 Å². The molecule has 0 aliphatic heterocycles. The SMILES string of the molecule is CC.CC(C)(C)CCCC(C)(C)CCO.[Y]. The molecule has 0 saturated carbocycles. The van der Waals surface area contributed by atoms with E-state index >= 15 is 0 Å². The minimum absolute atomic E-state index is 0. The van der Waals surface area contributed by atoms with Gasteiger partial charge in [0.25, 0.3) is 0 Å². The standard InChI is InChI=1S/C12H26O.C2H6.Y/c1-11(2,3)7-6-8-12(4,5)9-10-13;1-2;/h13H,6-10H2,1-5H3;1-2H3;. The van der Waals surface area contributed by atoms with Crippen molar-refractivity contribution in [3.8, 4) is 0 Å². The Hall–Kier alpha value is 1.06. The van der Waals surface area contributed by atoms with E-state index in [1.165, 1.54) is 19.3 Å². The van der Waals surface area contributed by atoms with Crippen LogP contribution < -0.4 is 0 Å². The second-order valence-corrected chi connectivity index (χ2v) is 6.05. The van der Waals surface area contributed by atoms with Gasteiger partial charge < -0.3 is 5.11 Å². The number of hydrogen-bond donors (Lipinski definition) is 1. The zero-order valence-electron chi connectivity index (χ0n) is 12.6. The summed E-state index contributed by atoms with van der Waals surface area (Å²) in [4.78, 5) is 0. The first-order valence-corrected chi connectivity index (χ1v) is 6.38. The molecule has 0 heterocycles. The van der Waals surface area contributed by atoms with Gasteiger partial charge in [0.2, 0.25) is 0 Å². The first-order valence-electron chi connectivity index (χ1n) is 6.38. The molecule has 0 aromatic carbocycles. The van der Waals surface area contributed by atoms with Crippen LogP contribution in [0.1, 0.15) is 74.1 Å². The molecule has 0 fully saturated rings. The van der Waals surface area contributed by atoms with Gasteiger partial charge in [-0.2, -0.15) is 0 Å². The fourth-order valence-electron chi connectivity index (χ4n) is 1.52. The Kier molecular flexibility index (Phi) is 15.5. The van der Waals surface area contributed by atoms with E-state index in [1.54, 1.807) is 0 Å². The van der Waals surface area contributed by atoms with Crippen molar-refractivity contribution in [3.05, 3.63) is 0 Å². The molecule has 0 aliphatic rings. The summed E-state index contributed by atoms with van der Waals surface area (Å²) in [5, 5.41) is 8.86. The second-order valence-electron chi connectivity index (χ2n) is 6.05. The van der Waals surface area contributed by atoms with Crippen LogP contribution in [0.3, 0.4) is 0 Å². The fourth-order valence-corrected chi connectivity index (χ4v) is 1.52. The summed E-state index contributed by atoms with van der Waals surface area (Å²) in [5.41, 5.74) is 0.773. The molecule has 1 radical (unpaired) electrons. The van der Waals surface area contributed by atoms with Crippen molar-refractivity contribution in [3.63, 3.8) is 0 Å². The Morgan fingerprint density at radius 3 is 1.56 bits per heavy atom. The Labute approximate surface area is 129 Å². The predicted octanol–water partition coefficient (Wildman–Crippen LogP) is 4.64. The van der Waals surface area contributed by atoms with Crippen LogP contribution in [0.15, 0.2) is 0 Å². The number of rotatable bonds is 5. The van der Waals surface area contributed by atoms with E-state index < -0.39 is 0 Å². The predicted molar refractivity (Wildman–Crippen MR) is 70.1 cm³/mol. The summed E-state index contributed by atoms with van der Waals surface area (Å²) in [6, 6.07) is 0. The maximum Gasteiger partial charge on any atom is 0.0436 e. The molecule has 0 spiro atoms. The molecule has 0 amide bonds. The average Bonchev–Trinajstić information content (AvgIpc) is 2.04. The Morgan fingerprint density at radius 1 is 0.812 bits per heavy atom. The average molecular weight is 305 g/mol. The van der Waals surface area contributed by atoms with Gasteiger partial charge in [0.05, 0.1) is 0 Å². The molecule has 0 unspecified atom stereocenters. The molecule has 1 N–H and O–H groups in total. The Morgan fingerprint density at radius 2 is 1.25 bits per heavy atom. The summed E-state index contributed by atoms with van der Waals surface area (Å²) in [7, 11) is 0. The van der Waals surface area contributed by atoms with Gasteiger partial charge in [-0.15, -0.1) is 0 Å². The molecule has 0 bridgehead atoms. The zero-order chi connectivity index (χ0) is 12.5. The maximum absolute atomic E-state index is 8.86. The van der Waals surface area contributed by atoms with Crippen LogP contribution in [0.5, 0.6) is 0 Å². The molecule has 0 atom stereocenters. The largest absolute Gasteiger partial charge is 0.396 e. The van der Waals surface area contributed by atoms with Crippen molar-refractivity contribution in [2.75, 3.05) is 6.61 Å². The fraction of sp³-hybridized carbons (Fsp3) is 1.00. The minimum atomic E-state index is 0. The summed E-state index contributed by atoms with van der Waals surface area (Å²) in [6.45, 7) is 15.7. The van der Waals surface area contributed by atoms with Crippen molar-refractivity contribution >= 4 is 0 Å². The van der Waals surface area contributed by atoms with Crippen LogP contribution in [0.25, 0.3) is 0 Å². The smallest absolute Gasteiger partial charge is 0.0436 e. The van der Waals surface area contributed by atoms with Crippen LogP contribution in [0.2, 0.25) is 0 Å². The topological polar surface area (TPSA) is 20.2 Å². The number of hydrogen-bond acceptors (Lipinski definition) is 1. The molecule has 0 aromatic heterocycles.